The van der Waals surface area contributed by atoms with E-state index in [2.05, 4.69) is 26.6 Å². The van der Waals surface area contributed by atoms with Gasteiger partial charge in [0.1, 0.15) is 0 Å². The third-order valence-corrected chi connectivity index (χ3v) is 3.87. The predicted octanol–water partition coefficient (Wildman–Crippen LogP) is 2.93. The molecule has 0 heterocycles. The summed E-state index contributed by atoms with van der Waals surface area (Å²) in [6.45, 7) is 1.09. The molecule has 0 atom stereocenters. The van der Waals surface area contributed by atoms with E-state index in [9.17, 15) is 4.79 Å². The fraction of sp³-hybridized carbons (Fsp3) is 0.364. The van der Waals surface area contributed by atoms with Crippen LogP contribution in [0, 0.1) is 0 Å². The van der Waals surface area contributed by atoms with Gasteiger partial charge in [-0.25, -0.2) is 0 Å². The Morgan fingerprint density at radius 1 is 1.39 bits per heavy atom. The van der Waals surface area contributed by atoms with Crippen LogP contribution < -0.4 is 10.6 Å². The van der Waals surface area contributed by atoms with Crippen LogP contribution in [0.3, 0.4) is 0 Å². The molecule has 0 saturated carbocycles. The summed E-state index contributed by atoms with van der Waals surface area (Å²) in [6, 6.07) is 3.51. The van der Waals surface area contributed by atoms with E-state index in [0.717, 1.165) is 0 Å². The topological polar surface area (TPSA) is 50.4 Å². The van der Waals surface area contributed by atoms with Crippen molar-refractivity contribution in [1.29, 1.82) is 0 Å². The first-order valence-corrected chi connectivity index (χ1v) is 6.74. The maximum absolute atomic E-state index is 11.4. The molecule has 0 unspecified atom stereocenters. The highest BCUT2D eigenvalue weighted by molar-refractivity contribution is 9.10. The first-order chi connectivity index (χ1) is 8.56. The van der Waals surface area contributed by atoms with Gasteiger partial charge in [-0.3, -0.25) is 4.79 Å². The van der Waals surface area contributed by atoms with Gasteiger partial charge in [0.25, 0.3) is 0 Å². The normalized spacial score (nSPS) is 10.2. The Labute approximate surface area is 124 Å². The monoisotopic (exact) mass is 354 g/mol. The van der Waals surface area contributed by atoms with Crippen LogP contribution in [0.15, 0.2) is 16.6 Å². The number of anilines is 1. The van der Waals surface area contributed by atoms with Gasteiger partial charge in [0.2, 0.25) is 5.91 Å². The number of carbonyl (C=O) groups is 1. The van der Waals surface area contributed by atoms with Gasteiger partial charge in [-0.05, 0) is 28.1 Å². The Kier molecular flexibility index (Phi) is 6.78. The van der Waals surface area contributed by atoms with E-state index < -0.39 is 0 Å². The van der Waals surface area contributed by atoms with Crippen molar-refractivity contribution in [3.63, 3.8) is 0 Å². The maximum Gasteiger partial charge on any atom is 0.239 e. The number of nitrogens with one attached hydrogen (secondary N) is 2. The number of benzene rings is 1. The van der Waals surface area contributed by atoms with Crippen LogP contribution in [0.2, 0.25) is 10.0 Å². The lowest BCUT2D eigenvalue weighted by atomic mass is 10.3. The minimum atomic E-state index is -0.137. The summed E-state index contributed by atoms with van der Waals surface area (Å²) < 4.78 is 5.54. The van der Waals surface area contributed by atoms with Crippen molar-refractivity contribution in [1.82, 2.24) is 5.32 Å². The summed E-state index contributed by atoms with van der Waals surface area (Å²) in [5.41, 5.74) is 0.617. The molecule has 0 fully saturated rings. The molecule has 0 radical (unpaired) electrons. The molecule has 18 heavy (non-hydrogen) atoms. The lowest BCUT2D eigenvalue weighted by Gasteiger charge is -2.10. The summed E-state index contributed by atoms with van der Waals surface area (Å²) in [5, 5.41) is 6.41. The van der Waals surface area contributed by atoms with Crippen LogP contribution in [0.1, 0.15) is 0 Å². The predicted molar refractivity (Wildman–Crippen MR) is 77.5 cm³/mol. The molecule has 0 aliphatic heterocycles. The fourth-order valence-electron chi connectivity index (χ4n) is 1.19. The molecule has 1 rings (SSSR count). The molecular weight excluding hydrogens is 343 g/mol. The second kappa shape index (κ2) is 7.84. The number of methoxy groups -OCH3 is 1. The zero-order valence-corrected chi connectivity index (χ0v) is 12.8. The van der Waals surface area contributed by atoms with E-state index in [1.54, 1.807) is 19.2 Å². The zero-order chi connectivity index (χ0) is 13.5. The molecule has 0 aliphatic rings. The van der Waals surface area contributed by atoms with E-state index >= 15 is 0 Å². The second-order valence-electron chi connectivity index (χ2n) is 3.42. The molecule has 0 bridgehead atoms. The smallest absolute Gasteiger partial charge is 0.239 e. The van der Waals surface area contributed by atoms with Crippen LogP contribution in [0.25, 0.3) is 0 Å². The van der Waals surface area contributed by atoms with Crippen molar-refractivity contribution < 1.29 is 9.53 Å². The van der Waals surface area contributed by atoms with Crippen molar-refractivity contribution in [2.24, 2.45) is 0 Å². The van der Waals surface area contributed by atoms with E-state index in [-0.39, 0.29) is 12.5 Å². The quantitative estimate of drug-likeness (QED) is 0.609. The largest absolute Gasteiger partial charge is 0.383 e. The molecule has 4 nitrogen and oxygen atoms in total. The lowest BCUT2D eigenvalue weighted by Crippen LogP contribution is -2.32. The molecule has 1 aromatic rings. The van der Waals surface area contributed by atoms with E-state index in [1.807, 2.05) is 0 Å². The first-order valence-electron chi connectivity index (χ1n) is 5.19. The average molecular weight is 356 g/mol. The third-order valence-electron chi connectivity index (χ3n) is 2.10. The van der Waals surface area contributed by atoms with Crippen molar-refractivity contribution >= 4 is 50.7 Å². The molecule has 0 aliphatic carbocycles. The van der Waals surface area contributed by atoms with E-state index in [0.29, 0.717) is 33.4 Å². The van der Waals surface area contributed by atoms with E-state index in [1.165, 1.54) is 0 Å². The molecule has 0 spiro atoms. The number of rotatable bonds is 6. The summed E-state index contributed by atoms with van der Waals surface area (Å²) in [6.07, 6.45) is 0. The summed E-state index contributed by atoms with van der Waals surface area (Å²) >= 11 is 15.3. The van der Waals surface area contributed by atoms with Gasteiger partial charge in [0.05, 0.1) is 28.9 Å². The Balaban J connectivity index is 2.49. The van der Waals surface area contributed by atoms with Crippen molar-refractivity contribution in [2.75, 3.05) is 32.1 Å². The van der Waals surface area contributed by atoms with Crippen molar-refractivity contribution in [2.45, 2.75) is 0 Å². The van der Waals surface area contributed by atoms with Crippen LogP contribution in [0.5, 0.6) is 0 Å². The van der Waals surface area contributed by atoms with Gasteiger partial charge < -0.3 is 15.4 Å². The van der Waals surface area contributed by atoms with Gasteiger partial charge in [-0.15, -0.1) is 0 Å². The highest BCUT2D eigenvalue weighted by Gasteiger charge is 2.09. The van der Waals surface area contributed by atoms with Gasteiger partial charge in [0, 0.05) is 18.1 Å². The fourth-order valence-corrected chi connectivity index (χ4v) is 2.03. The van der Waals surface area contributed by atoms with Gasteiger partial charge in [-0.2, -0.15) is 0 Å². The summed E-state index contributed by atoms with van der Waals surface area (Å²) in [4.78, 5) is 11.4. The van der Waals surface area contributed by atoms with Crippen molar-refractivity contribution in [3.8, 4) is 0 Å². The van der Waals surface area contributed by atoms with Gasteiger partial charge in [-0.1, -0.05) is 23.2 Å². The zero-order valence-electron chi connectivity index (χ0n) is 9.73. The summed E-state index contributed by atoms with van der Waals surface area (Å²) in [5.74, 6) is -0.137. The Hall–Kier alpha value is -0.490. The summed E-state index contributed by atoms with van der Waals surface area (Å²) in [7, 11) is 1.58. The van der Waals surface area contributed by atoms with Gasteiger partial charge >= 0.3 is 0 Å². The SMILES string of the molecule is COCCNC(=O)CNc1ccc(Br)c(Cl)c1Cl. The minimum absolute atomic E-state index is 0.126. The number of amides is 1. The first kappa shape index (κ1) is 15.6. The highest BCUT2D eigenvalue weighted by Crippen LogP contribution is 2.35. The molecule has 0 saturated heterocycles. The standard InChI is InChI=1S/C11H13BrCl2N2O2/c1-18-5-4-15-9(17)6-16-8-3-2-7(12)10(13)11(8)14/h2-3,16H,4-6H2,1H3,(H,15,17). The number of hydrogen-bond acceptors (Lipinski definition) is 3. The highest BCUT2D eigenvalue weighted by atomic mass is 79.9. The number of halogens is 3. The molecular formula is C11H13BrCl2N2O2. The molecule has 2 N–H and O–H groups in total. The van der Waals surface area contributed by atoms with Crippen LogP contribution >= 0.6 is 39.1 Å². The minimum Gasteiger partial charge on any atom is -0.383 e. The lowest BCUT2D eigenvalue weighted by molar-refractivity contribution is -0.119. The Morgan fingerprint density at radius 3 is 2.78 bits per heavy atom. The van der Waals surface area contributed by atoms with Crippen LogP contribution in [-0.2, 0) is 9.53 Å². The molecule has 0 aromatic heterocycles. The molecule has 7 heteroatoms. The molecule has 1 amide bonds. The second-order valence-corrected chi connectivity index (χ2v) is 5.03. The van der Waals surface area contributed by atoms with Gasteiger partial charge in [0.15, 0.2) is 0 Å². The number of ether oxygens (including phenoxy) is 1. The average Bonchev–Trinajstić information content (AvgIpc) is 2.35. The molecule has 1 aromatic carbocycles. The molecule has 100 valence electrons. The third kappa shape index (κ3) is 4.65. The van der Waals surface area contributed by atoms with Crippen LogP contribution in [0.4, 0.5) is 5.69 Å². The van der Waals surface area contributed by atoms with Crippen LogP contribution in [-0.4, -0.2) is 32.7 Å². The number of carbonyl (C=O) groups excluding carboxylic acids is 1. The Bertz CT molecular complexity index is 430. The maximum atomic E-state index is 11.4. The number of hydrogen-bond donors (Lipinski definition) is 2. The Morgan fingerprint density at radius 2 is 2.11 bits per heavy atom. The van der Waals surface area contributed by atoms with E-state index in [4.69, 9.17) is 27.9 Å². The van der Waals surface area contributed by atoms with Crippen molar-refractivity contribution in [3.05, 3.63) is 26.7 Å².